The number of hydrogen-bond acceptors (Lipinski definition) is 4. The number of fused-ring (bicyclic) bond motifs is 1. The minimum Gasteiger partial charge on any atom is -0.494 e. The molecule has 0 atom stereocenters. The van der Waals surface area contributed by atoms with Gasteiger partial charge in [0.1, 0.15) is 11.6 Å². The van der Waals surface area contributed by atoms with E-state index in [0.717, 1.165) is 56.0 Å². The molecule has 1 aromatic carbocycles. The zero-order valence-corrected chi connectivity index (χ0v) is 16.3. The van der Waals surface area contributed by atoms with Gasteiger partial charge in [0.2, 0.25) is 0 Å². The molecule has 2 aromatic heterocycles. The second-order valence-electron chi connectivity index (χ2n) is 7.28. The molecule has 0 bridgehead atoms. The first-order chi connectivity index (χ1) is 13.8. The van der Waals surface area contributed by atoms with Crippen LogP contribution in [0.5, 0.6) is 5.75 Å². The molecule has 0 N–H and O–H groups in total. The molecule has 1 aliphatic heterocycles. The predicted molar refractivity (Wildman–Crippen MR) is 108 cm³/mol. The smallest absolute Gasteiger partial charge is 0.253 e. The van der Waals surface area contributed by atoms with Crippen molar-refractivity contribution in [2.24, 2.45) is 0 Å². The van der Waals surface area contributed by atoms with Gasteiger partial charge in [-0.25, -0.2) is 0 Å². The standard InChI is InChI=1S/C22H26N4O2/c1-2-3-16-28-19-9-7-18(8-10-19)22(27)25-14-11-17(12-15-25)21-24-23-20-6-4-5-13-26(20)21/h4-10,13,17H,2-3,11-12,14-16H2,1H3. The van der Waals surface area contributed by atoms with E-state index in [2.05, 4.69) is 21.5 Å². The highest BCUT2D eigenvalue weighted by atomic mass is 16.5. The van der Waals surface area contributed by atoms with Crippen LogP contribution in [0.25, 0.3) is 5.65 Å². The molecule has 0 aliphatic carbocycles. The summed E-state index contributed by atoms with van der Waals surface area (Å²) >= 11 is 0. The first-order valence-corrected chi connectivity index (χ1v) is 10.1. The Bertz CT molecular complexity index is 927. The van der Waals surface area contributed by atoms with Crippen molar-refractivity contribution >= 4 is 11.6 Å². The molecular formula is C22H26N4O2. The van der Waals surface area contributed by atoms with Crippen LogP contribution >= 0.6 is 0 Å². The monoisotopic (exact) mass is 378 g/mol. The van der Waals surface area contributed by atoms with Crippen LogP contribution in [0.15, 0.2) is 48.7 Å². The quantitative estimate of drug-likeness (QED) is 0.610. The molecule has 146 valence electrons. The number of benzene rings is 1. The van der Waals surface area contributed by atoms with E-state index in [9.17, 15) is 4.79 Å². The molecular weight excluding hydrogens is 352 g/mol. The van der Waals surface area contributed by atoms with Crippen molar-refractivity contribution in [3.8, 4) is 5.75 Å². The fourth-order valence-electron chi connectivity index (χ4n) is 3.69. The highest BCUT2D eigenvalue weighted by Gasteiger charge is 2.27. The van der Waals surface area contributed by atoms with E-state index >= 15 is 0 Å². The highest BCUT2D eigenvalue weighted by molar-refractivity contribution is 5.94. The Kier molecular flexibility index (Phi) is 5.55. The van der Waals surface area contributed by atoms with Gasteiger partial charge in [0.15, 0.2) is 5.65 Å². The summed E-state index contributed by atoms with van der Waals surface area (Å²) in [5, 5.41) is 8.63. The Balaban J connectivity index is 1.36. The van der Waals surface area contributed by atoms with Crippen molar-refractivity contribution in [3.63, 3.8) is 0 Å². The molecule has 6 heteroatoms. The summed E-state index contributed by atoms with van der Waals surface area (Å²) in [5.41, 5.74) is 1.59. The minimum atomic E-state index is 0.0876. The van der Waals surface area contributed by atoms with Gasteiger partial charge in [0, 0.05) is 30.8 Å². The number of amides is 1. The van der Waals surface area contributed by atoms with Crippen molar-refractivity contribution in [1.82, 2.24) is 19.5 Å². The van der Waals surface area contributed by atoms with Crippen LogP contribution in [-0.2, 0) is 0 Å². The Hall–Kier alpha value is -2.89. The number of nitrogens with zero attached hydrogens (tertiary/aromatic N) is 4. The second-order valence-corrected chi connectivity index (χ2v) is 7.28. The third-order valence-electron chi connectivity index (χ3n) is 5.36. The zero-order chi connectivity index (χ0) is 19.3. The van der Waals surface area contributed by atoms with Gasteiger partial charge in [-0.2, -0.15) is 0 Å². The molecule has 3 heterocycles. The maximum atomic E-state index is 12.8. The third kappa shape index (κ3) is 3.86. The number of carbonyl (C=O) groups is 1. The van der Waals surface area contributed by atoms with Crippen molar-refractivity contribution < 1.29 is 9.53 Å². The Morgan fingerprint density at radius 3 is 2.64 bits per heavy atom. The van der Waals surface area contributed by atoms with Crippen molar-refractivity contribution in [2.45, 2.75) is 38.5 Å². The Labute approximate surface area is 165 Å². The number of pyridine rings is 1. The van der Waals surface area contributed by atoms with Gasteiger partial charge < -0.3 is 9.64 Å². The molecule has 0 spiro atoms. The number of piperidine rings is 1. The number of unbranched alkanes of at least 4 members (excludes halogenated alkanes) is 1. The fraction of sp³-hybridized carbons (Fsp3) is 0.409. The average Bonchev–Trinajstić information content (AvgIpc) is 3.18. The van der Waals surface area contributed by atoms with E-state index in [1.165, 1.54) is 0 Å². The van der Waals surface area contributed by atoms with Gasteiger partial charge in [-0.1, -0.05) is 19.4 Å². The highest BCUT2D eigenvalue weighted by Crippen LogP contribution is 2.28. The molecule has 3 aromatic rings. The molecule has 4 rings (SSSR count). The molecule has 28 heavy (non-hydrogen) atoms. The van der Waals surface area contributed by atoms with E-state index in [0.29, 0.717) is 18.1 Å². The van der Waals surface area contributed by atoms with Gasteiger partial charge in [-0.05, 0) is 55.7 Å². The van der Waals surface area contributed by atoms with Gasteiger partial charge in [0.25, 0.3) is 5.91 Å². The third-order valence-corrected chi connectivity index (χ3v) is 5.36. The first kappa shape index (κ1) is 18.5. The first-order valence-electron chi connectivity index (χ1n) is 10.1. The lowest BCUT2D eigenvalue weighted by atomic mass is 9.95. The lowest BCUT2D eigenvalue weighted by Crippen LogP contribution is -2.38. The van der Waals surface area contributed by atoms with Crippen LogP contribution in [0.4, 0.5) is 0 Å². The van der Waals surface area contributed by atoms with Crippen LogP contribution in [0.2, 0.25) is 0 Å². The van der Waals surface area contributed by atoms with E-state index in [-0.39, 0.29) is 5.91 Å². The van der Waals surface area contributed by atoms with Crippen molar-refractivity contribution in [2.75, 3.05) is 19.7 Å². The summed E-state index contributed by atoms with van der Waals surface area (Å²) in [4.78, 5) is 14.8. The number of aromatic nitrogens is 3. The van der Waals surface area contributed by atoms with Gasteiger partial charge >= 0.3 is 0 Å². The van der Waals surface area contributed by atoms with Crippen LogP contribution in [0.1, 0.15) is 54.7 Å². The van der Waals surface area contributed by atoms with E-state index in [4.69, 9.17) is 4.74 Å². The van der Waals surface area contributed by atoms with Crippen LogP contribution in [0.3, 0.4) is 0 Å². The van der Waals surface area contributed by atoms with Crippen LogP contribution in [-0.4, -0.2) is 45.1 Å². The molecule has 6 nitrogen and oxygen atoms in total. The second kappa shape index (κ2) is 8.42. The topological polar surface area (TPSA) is 59.7 Å². The van der Waals surface area contributed by atoms with Gasteiger partial charge in [0.05, 0.1) is 6.61 Å². The largest absolute Gasteiger partial charge is 0.494 e. The van der Waals surface area contributed by atoms with Crippen molar-refractivity contribution in [3.05, 3.63) is 60.0 Å². The molecule has 0 radical (unpaired) electrons. The summed E-state index contributed by atoms with van der Waals surface area (Å²) in [6.07, 6.45) is 5.96. The predicted octanol–water partition coefficient (Wildman–Crippen LogP) is 3.93. The maximum absolute atomic E-state index is 12.8. The number of likely N-dealkylation sites (tertiary alicyclic amines) is 1. The molecule has 0 saturated carbocycles. The molecule has 1 aliphatic rings. The lowest BCUT2D eigenvalue weighted by molar-refractivity contribution is 0.0711. The summed E-state index contributed by atoms with van der Waals surface area (Å²) in [6, 6.07) is 13.4. The fourth-order valence-corrected chi connectivity index (χ4v) is 3.69. The Morgan fingerprint density at radius 2 is 1.89 bits per heavy atom. The van der Waals surface area contributed by atoms with Crippen molar-refractivity contribution in [1.29, 1.82) is 0 Å². The molecule has 0 unspecified atom stereocenters. The summed E-state index contributed by atoms with van der Waals surface area (Å²) in [5.74, 6) is 2.24. The minimum absolute atomic E-state index is 0.0876. The molecule has 1 fully saturated rings. The van der Waals surface area contributed by atoms with Gasteiger partial charge in [-0.3, -0.25) is 9.20 Å². The average molecular weight is 378 g/mol. The summed E-state index contributed by atoms with van der Waals surface area (Å²) in [7, 11) is 0. The molecule has 1 saturated heterocycles. The van der Waals surface area contributed by atoms with E-state index < -0.39 is 0 Å². The normalized spacial score (nSPS) is 15.1. The summed E-state index contributed by atoms with van der Waals surface area (Å²) in [6.45, 7) is 4.33. The number of hydrogen-bond donors (Lipinski definition) is 0. The number of rotatable bonds is 6. The summed E-state index contributed by atoms with van der Waals surface area (Å²) < 4.78 is 7.73. The number of ether oxygens (including phenoxy) is 1. The van der Waals surface area contributed by atoms with E-state index in [1.807, 2.05) is 53.6 Å². The molecule has 1 amide bonds. The van der Waals surface area contributed by atoms with E-state index in [1.54, 1.807) is 0 Å². The Morgan fingerprint density at radius 1 is 1.11 bits per heavy atom. The lowest BCUT2D eigenvalue weighted by Gasteiger charge is -2.31. The van der Waals surface area contributed by atoms with Crippen LogP contribution < -0.4 is 4.74 Å². The van der Waals surface area contributed by atoms with Crippen LogP contribution in [0, 0.1) is 0 Å². The van der Waals surface area contributed by atoms with Gasteiger partial charge in [-0.15, -0.1) is 10.2 Å². The maximum Gasteiger partial charge on any atom is 0.253 e. The zero-order valence-electron chi connectivity index (χ0n) is 16.3. The SMILES string of the molecule is CCCCOc1ccc(C(=O)N2CCC(c3nnc4ccccn34)CC2)cc1. The number of carbonyl (C=O) groups excluding carboxylic acids is 1.